The number of unbranched alkanes of at least 4 members (excludes halogenated alkanes) is 1. The van der Waals surface area contributed by atoms with Gasteiger partial charge in [0.2, 0.25) is 0 Å². The Hall–Kier alpha value is -0.0400. The first kappa shape index (κ1) is 11.0. The Labute approximate surface area is 83.1 Å². The summed E-state index contributed by atoms with van der Waals surface area (Å²) in [6.45, 7) is 3.20. The highest BCUT2D eigenvalue weighted by Crippen LogP contribution is 2.38. The Balaban J connectivity index is 2.43. The topological polar surface area (TPSA) is 26.0 Å². The fraction of sp³-hybridized carbons (Fsp3) is 1.00. The molecule has 1 fully saturated rings. The predicted molar refractivity (Wildman–Crippen MR) is 58.7 cm³/mol. The van der Waals surface area contributed by atoms with Gasteiger partial charge in [0, 0.05) is 0 Å². The second-order valence-corrected chi connectivity index (χ2v) is 4.72. The van der Waals surface area contributed by atoms with E-state index in [4.69, 9.17) is 5.73 Å². The Morgan fingerprint density at radius 3 is 2.15 bits per heavy atom. The Morgan fingerprint density at radius 1 is 1.08 bits per heavy atom. The third-order valence-corrected chi connectivity index (χ3v) is 3.66. The monoisotopic (exact) mass is 183 g/mol. The molecule has 0 saturated heterocycles. The van der Waals surface area contributed by atoms with Crippen molar-refractivity contribution in [2.75, 3.05) is 6.54 Å². The first-order valence-electron chi connectivity index (χ1n) is 6.03. The number of rotatable bonds is 4. The normalized spacial score (nSPS) is 22.6. The third-order valence-electron chi connectivity index (χ3n) is 3.66. The van der Waals surface area contributed by atoms with Crippen molar-refractivity contribution in [3.63, 3.8) is 0 Å². The van der Waals surface area contributed by atoms with Gasteiger partial charge in [-0.2, -0.15) is 0 Å². The van der Waals surface area contributed by atoms with Gasteiger partial charge in [-0.1, -0.05) is 45.4 Å². The maximum Gasteiger partial charge on any atom is -0.00205 e. The summed E-state index contributed by atoms with van der Waals surface area (Å²) >= 11 is 0. The summed E-state index contributed by atoms with van der Waals surface area (Å²) in [5, 5.41) is 0. The van der Waals surface area contributed by atoms with Crippen LogP contribution in [0.5, 0.6) is 0 Å². The summed E-state index contributed by atoms with van der Waals surface area (Å²) in [7, 11) is 0. The lowest BCUT2D eigenvalue weighted by molar-refractivity contribution is 0.226. The maximum absolute atomic E-state index is 5.95. The average Bonchev–Trinajstić information content (AvgIpc) is 2.41. The molecular formula is C12H25N. The molecular weight excluding hydrogens is 158 g/mol. The summed E-state index contributed by atoms with van der Waals surface area (Å²) in [4.78, 5) is 0. The zero-order valence-corrected chi connectivity index (χ0v) is 9.15. The lowest BCUT2D eigenvalue weighted by Gasteiger charge is -2.31. The van der Waals surface area contributed by atoms with Gasteiger partial charge in [0.05, 0.1) is 0 Å². The van der Waals surface area contributed by atoms with E-state index in [0.29, 0.717) is 5.41 Å². The first-order chi connectivity index (χ1) is 6.33. The van der Waals surface area contributed by atoms with Gasteiger partial charge in [0.1, 0.15) is 0 Å². The Morgan fingerprint density at radius 2 is 1.69 bits per heavy atom. The van der Waals surface area contributed by atoms with Crippen molar-refractivity contribution in [3.8, 4) is 0 Å². The molecule has 0 bridgehead atoms. The largest absolute Gasteiger partial charge is 0.330 e. The zero-order chi connectivity index (χ0) is 9.57. The third kappa shape index (κ3) is 3.30. The van der Waals surface area contributed by atoms with Crippen LogP contribution in [0.3, 0.4) is 0 Å². The average molecular weight is 183 g/mol. The van der Waals surface area contributed by atoms with Gasteiger partial charge < -0.3 is 5.73 Å². The standard InChI is InChI=1S/C12H25N/c1-2-3-8-12(11-13)9-6-4-5-7-10-12/h2-11,13H2,1H3. The summed E-state index contributed by atoms with van der Waals surface area (Å²) in [6.07, 6.45) is 12.6. The smallest absolute Gasteiger partial charge is 0.00205 e. The van der Waals surface area contributed by atoms with E-state index in [1.54, 1.807) is 0 Å². The van der Waals surface area contributed by atoms with Crippen LogP contribution in [0.2, 0.25) is 0 Å². The minimum atomic E-state index is 0.534. The van der Waals surface area contributed by atoms with E-state index in [1.165, 1.54) is 57.8 Å². The summed E-state index contributed by atoms with van der Waals surface area (Å²) in [6, 6.07) is 0. The van der Waals surface area contributed by atoms with Crippen LogP contribution in [-0.2, 0) is 0 Å². The van der Waals surface area contributed by atoms with Crippen LogP contribution in [-0.4, -0.2) is 6.54 Å². The molecule has 0 aromatic carbocycles. The molecule has 0 aliphatic heterocycles. The van der Waals surface area contributed by atoms with Crippen molar-refractivity contribution in [2.24, 2.45) is 11.1 Å². The SMILES string of the molecule is CCCCC1(CN)CCCCCC1. The predicted octanol–water partition coefficient (Wildman–Crippen LogP) is 3.48. The zero-order valence-electron chi connectivity index (χ0n) is 9.15. The van der Waals surface area contributed by atoms with Gasteiger partial charge in [-0.25, -0.2) is 0 Å². The Bertz CT molecular complexity index is 123. The molecule has 1 aliphatic rings. The minimum absolute atomic E-state index is 0.534. The summed E-state index contributed by atoms with van der Waals surface area (Å²) in [5.41, 5.74) is 6.48. The van der Waals surface area contributed by atoms with Crippen molar-refractivity contribution >= 4 is 0 Å². The molecule has 1 nitrogen and oxygen atoms in total. The Kier molecular flexibility index (Phi) is 4.79. The van der Waals surface area contributed by atoms with Gasteiger partial charge in [0.25, 0.3) is 0 Å². The van der Waals surface area contributed by atoms with Gasteiger partial charge in [-0.05, 0) is 31.2 Å². The molecule has 0 atom stereocenters. The van der Waals surface area contributed by atoms with E-state index in [2.05, 4.69) is 6.92 Å². The second-order valence-electron chi connectivity index (χ2n) is 4.72. The molecule has 1 heteroatoms. The van der Waals surface area contributed by atoms with Crippen molar-refractivity contribution in [2.45, 2.75) is 64.7 Å². The summed E-state index contributed by atoms with van der Waals surface area (Å²) in [5.74, 6) is 0. The van der Waals surface area contributed by atoms with E-state index in [9.17, 15) is 0 Å². The highest BCUT2D eigenvalue weighted by Gasteiger charge is 2.28. The molecule has 1 rings (SSSR count). The van der Waals surface area contributed by atoms with E-state index >= 15 is 0 Å². The van der Waals surface area contributed by atoms with Crippen molar-refractivity contribution in [3.05, 3.63) is 0 Å². The van der Waals surface area contributed by atoms with Crippen molar-refractivity contribution in [1.29, 1.82) is 0 Å². The van der Waals surface area contributed by atoms with Crippen LogP contribution < -0.4 is 5.73 Å². The van der Waals surface area contributed by atoms with Crippen molar-refractivity contribution in [1.82, 2.24) is 0 Å². The van der Waals surface area contributed by atoms with Crippen LogP contribution in [0, 0.1) is 5.41 Å². The lowest BCUT2D eigenvalue weighted by atomic mass is 9.76. The van der Waals surface area contributed by atoms with Gasteiger partial charge in [0.15, 0.2) is 0 Å². The van der Waals surface area contributed by atoms with Crippen LogP contribution >= 0.6 is 0 Å². The molecule has 0 spiro atoms. The molecule has 0 aromatic heterocycles. The van der Waals surface area contributed by atoms with E-state index in [1.807, 2.05) is 0 Å². The quantitative estimate of drug-likeness (QED) is 0.663. The van der Waals surface area contributed by atoms with E-state index in [0.717, 1.165) is 6.54 Å². The number of hydrogen-bond donors (Lipinski definition) is 1. The highest BCUT2D eigenvalue weighted by molar-refractivity contribution is 4.82. The van der Waals surface area contributed by atoms with Gasteiger partial charge >= 0.3 is 0 Å². The molecule has 0 heterocycles. The molecule has 0 aromatic rings. The highest BCUT2D eigenvalue weighted by atomic mass is 14.6. The van der Waals surface area contributed by atoms with E-state index < -0.39 is 0 Å². The van der Waals surface area contributed by atoms with Gasteiger partial charge in [-0.15, -0.1) is 0 Å². The lowest BCUT2D eigenvalue weighted by Crippen LogP contribution is -2.29. The van der Waals surface area contributed by atoms with Crippen LogP contribution in [0.25, 0.3) is 0 Å². The number of nitrogens with two attached hydrogens (primary N) is 1. The molecule has 0 amide bonds. The molecule has 1 aliphatic carbocycles. The molecule has 2 N–H and O–H groups in total. The molecule has 78 valence electrons. The van der Waals surface area contributed by atoms with Crippen LogP contribution in [0.1, 0.15) is 64.7 Å². The fourth-order valence-electron chi connectivity index (χ4n) is 2.59. The maximum atomic E-state index is 5.95. The van der Waals surface area contributed by atoms with Gasteiger partial charge in [-0.3, -0.25) is 0 Å². The molecule has 1 saturated carbocycles. The van der Waals surface area contributed by atoms with Crippen LogP contribution in [0.15, 0.2) is 0 Å². The van der Waals surface area contributed by atoms with E-state index in [-0.39, 0.29) is 0 Å². The van der Waals surface area contributed by atoms with Crippen molar-refractivity contribution < 1.29 is 0 Å². The molecule has 0 radical (unpaired) electrons. The summed E-state index contributed by atoms with van der Waals surface area (Å²) < 4.78 is 0. The second kappa shape index (κ2) is 5.64. The first-order valence-corrected chi connectivity index (χ1v) is 6.03. The molecule has 13 heavy (non-hydrogen) atoms. The van der Waals surface area contributed by atoms with Crippen LogP contribution in [0.4, 0.5) is 0 Å². The number of hydrogen-bond acceptors (Lipinski definition) is 1. The minimum Gasteiger partial charge on any atom is -0.330 e. The fourth-order valence-corrected chi connectivity index (χ4v) is 2.59. The molecule has 0 unspecified atom stereocenters.